The third-order valence-electron chi connectivity index (χ3n) is 7.01. The normalized spacial score (nSPS) is 19.3. The van der Waals surface area contributed by atoms with Gasteiger partial charge in [0.2, 0.25) is 5.91 Å². The maximum Gasteiger partial charge on any atom is 0.229 e. The SMILES string of the molecule is O=C(Nc1nccc2cn(Cc3cn4cc(C5CC5)ccc4n3)nc12)C1CC1c1cccc(Cl)c1. The summed E-state index contributed by atoms with van der Waals surface area (Å²) in [5.41, 5.74) is 5.04. The Morgan fingerprint density at radius 1 is 1.09 bits per heavy atom. The van der Waals surface area contributed by atoms with Crippen molar-refractivity contribution in [2.24, 2.45) is 5.92 Å². The summed E-state index contributed by atoms with van der Waals surface area (Å²) in [6.07, 6.45) is 11.3. The van der Waals surface area contributed by atoms with Gasteiger partial charge in [-0.25, -0.2) is 9.97 Å². The minimum absolute atomic E-state index is 0.0312. The number of hydrogen-bond acceptors (Lipinski definition) is 4. The smallest absolute Gasteiger partial charge is 0.229 e. The van der Waals surface area contributed by atoms with Crippen molar-refractivity contribution in [2.75, 3.05) is 5.32 Å². The van der Waals surface area contributed by atoms with Gasteiger partial charge in [0, 0.05) is 41.1 Å². The fraction of sp³-hybridized carbons (Fsp3) is 0.259. The number of nitrogens with one attached hydrogen (secondary N) is 1. The van der Waals surface area contributed by atoms with Crippen LogP contribution < -0.4 is 5.32 Å². The lowest BCUT2D eigenvalue weighted by atomic mass is 10.1. The van der Waals surface area contributed by atoms with E-state index in [1.165, 1.54) is 18.4 Å². The lowest BCUT2D eigenvalue weighted by Crippen LogP contribution is -2.16. The Hall–Kier alpha value is -3.71. The first-order valence-corrected chi connectivity index (χ1v) is 12.3. The average molecular weight is 483 g/mol. The van der Waals surface area contributed by atoms with Gasteiger partial charge in [0.25, 0.3) is 0 Å². The molecule has 1 amide bonds. The molecule has 2 saturated carbocycles. The van der Waals surface area contributed by atoms with Gasteiger partial charge >= 0.3 is 0 Å². The molecular formula is C27H23ClN6O. The van der Waals surface area contributed by atoms with E-state index in [1.807, 2.05) is 41.2 Å². The van der Waals surface area contributed by atoms with E-state index in [4.69, 9.17) is 21.7 Å². The van der Waals surface area contributed by atoms with E-state index in [0.717, 1.165) is 28.7 Å². The number of aromatic nitrogens is 5. The monoisotopic (exact) mass is 482 g/mol. The molecule has 2 atom stereocenters. The maximum absolute atomic E-state index is 12.9. The quantitative estimate of drug-likeness (QED) is 0.351. The van der Waals surface area contributed by atoms with Crippen LogP contribution in [0.3, 0.4) is 0 Å². The van der Waals surface area contributed by atoms with Crippen LogP contribution >= 0.6 is 11.6 Å². The fourth-order valence-electron chi connectivity index (χ4n) is 4.93. The lowest BCUT2D eigenvalue weighted by Gasteiger charge is -2.05. The Morgan fingerprint density at radius 3 is 2.86 bits per heavy atom. The number of imidazole rings is 1. The van der Waals surface area contributed by atoms with Crippen molar-refractivity contribution in [3.63, 3.8) is 0 Å². The molecule has 2 unspecified atom stereocenters. The molecule has 2 aliphatic carbocycles. The molecule has 0 radical (unpaired) electrons. The molecule has 0 aliphatic heterocycles. The fourth-order valence-corrected chi connectivity index (χ4v) is 5.13. The number of fused-ring (bicyclic) bond motifs is 2. The van der Waals surface area contributed by atoms with Gasteiger partial charge in [-0.05, 0) is 66.5 Å². The third-order valence-corrected chi connectivity index (χ3v) is 7.25. The molecule has 8 heteroatoms. The number of carbonyl (C=O) groups is 1. The van der Waals surface area contributed by atoms with Gasteiger partial charge in [0.15, 0.2) is 5.82 Å². The molecule has 5 aromatic rings. The van der Waals surface area contributed by atoms with E-state index >= 15 is 0 Å². The number of benzene rings is 1. The number of halogens is 1. The molecule has 1 N–H and O–H groups in total. The summed E-state index contributed by atoms with van der Waals surface area (Å²) in [6.45, 7) is 0.544. The standard InChI is InChI=1S/C27H23ClN6O/c28-20-3-1-2-17(10-20)22-11-23(22)27(35)31-26-25-19(8-9-29-26)13-34(32-25)15-21-14-33-12-18(16-4-5-16)6-7-24(33)30-21/h1-3,6-10,12-14,16,22-23H,4-5,11,15H2,(H,29,31,35). The number of anilines is 1. The molecule has 1 aromatic carbocycles. The maximum atomic E-state index is 12.9. The molecular weight excluding hydrogens is 460 g/mol. The van der Waals surface area contributed by atoms with Gasteiger partial charge in [-0.2, -0.15) is 5.10 Å². The summed E-state index contributed by atoms with van der Waals surface area (Å²) in [7, 11) is 0. The molecule has 2 aliphatic rings. The van der Waals surface area contributed by atoms with Gasteiger partial charge in [-0.1, -0.05) is 29.8 Å². The van der Waals surface area contributed by atoms with Crippen LogP contribution in [-0.2, 0) is 11.3 Å². The zero-order valence-electron chi connectivity index (χ0n) is 18.9. The Kier molecular flexibility index (Phi) is 4.67. The highest BCUT2D eigenvalue weighted by atomic mass is 35.5. The Bertz CT molecular complexity index is 1600. The summed E-state index contributed by atoms with van der Waals surface area (Å²) >= 11 is 6.12. The van der Waals surface area contributed by atoms with E-state index < -0.39 is 0 Å². The van der Waals surface area contributed by atoms with E-state index in [-0.39, 0.29) is 17.7 Å². The summed E-state index contributed by atoms with van der Waals surface area (Å²) in [5, 5.41) is 9.35. The van der Waals surface area contributed by atoms with Crippen molar-refractivity contribution in [1.29, 1.82) is 0 Å². The van der Waals surface area contributed by atoms with Crippen molar-refractivity contribution in [3.8, 4) is 0 Å². The minimum atomic E-state index is -0.0777. The Labute approximate surface area is 206 Å². The number of carbonyl (C=O) groups excluding carboxylic acids is 1. The molecule has 35 heavy (non-hydrogen) atoms. The number of hydrogen-bond donors (Lipinski definition) is 1. The average Bonchev–Trinajstić information content (AvgIpc) is 3.76. The first-order valence-electron chi connectivity index (χ1n) is 12.0. The highest BCUT2D eigenvalue weighted by Gasteiger charge is 2.44. The van der Waals surface area contributed by atoms with Gasteiger partial charge in [-0.3, -0.25) is 9.48 Å². The molecule has 2 fully saturated rings. The molecule has 7 nitrogen and oxygen atoms in total. The zero-order valence-corrected chi connectivity index (χ0v) is 19.7. The second-order valence-corrected chi connectivity index (χ2v) is 10.1. The second kappa shape index (κ2) is 7.92. The number of rotatable bonds is 6. The number of pyridine rings is 2. The summed E-state index contributed by atoms with van der Waals surface area (Å²) in [4.78, 5) is 22.1. The first kappa shape index (κ1) is 20.6. The summed E-state index contributed by atoms with van der Waals surface area (Å²) < 4.78 is 3.96. The van der Waals surface area contributed by atoms with E-state index in [1.54, 1.807) is 6.20 Å². The summed E-state index contributed by atoms with van der Waals surface area (Å²) in [5.74, 6) is 1.29. The minimum Gasteiger partial charge on any atom is -0.309 e. The first-order chi connectivity index (χ1) is 17.1. The predicted molar refractivity (Wildman–Crippen MR) is 135 cm³/mol. The Balaban J connectivity index is 1.09. The highest BCUT2D eigenvalue weighted by Crippen LogP contribution is 2.48. The van der Waals surface area contributed by atoms with Gasteiger partial charge in [-0.15, -0.1) is 0 Å². The summed E-state index contributed by atoms with van der Waals surface area (Å²) in [6, 6.07) is 13.9. The van der Waals surface area contributed by atoms with Gasteiger partial charge < -0.3 is 9.72 Å². The number of amides is 1. The third kappa shape index (κ3) is 3.96. The van der Waals surface area contributed by atoms with Crippen LogP contribution in [0.2, 0.25) is 5.02 Å². The van der Waals surface area contributed by atoms with E-state index in [2.05, 4.69) is 39.2 Å². The highest BCUT2D eigenvalue weighted by molar-refractivity contribution is 6.30. The van der Waals surface area contributed by atoms with Crippen LogP contribution in [0.15, 0.2) is 67.3 Å². The van der Waals surface area contributed by atoms with Crippen LogP contribution in [0.25, 0.3) is 16.6 Å². The van der Waals surface area contributed by atoms with E-state index in [0.29, 0.717) is 28.8 Å². The molecule has 0 saturated heterocycles. The van der Waals surface area contributed by atoms with Crippen LogP contribution in [-0.4, -0.2) is 30.1 Å². The zero-order chi connectivity index (χ0) is 23.5. The molecule has 4 heterocycles. The lowest BCUT2D eigenvalue weighted by molar-refractivity contribution is -0.117. The topological polar surface area (TPSA) is 77.1 Å². The van der Waals surface area contributed by atoms with Crippen molar-refractivity contribution in [1.82, 2.24) is 24.1 Å². The molecule has 174 valence electrons. The predicted octanol–water partition coefficient (Wildman–Crippen LogP) is 5.40. The second-order valence-electron chi connectivity index (χ2n) is 9.65. The van der Waals surface area contributed by atoms with Gasteiger partial charge in [0.05, 0.1) is 12.2 Å². The van der Waals surface area contributed by atoms with Crippen LogP contribution in [0.5, 0.6) is 0 Å². The Morgan fingerprint density at radius 2 is 2.00 bits per heavy atom. The number of nitrogens with zero attached hydrogens (tertiary/aromatic N) is 5. The molecule has 7 rings (SSSR count). The van der Waals surface area contributed by atoms with E-state index in [9.17, 15) is 4.79 Å². The van der Waals surface area contributed by atoms with Crippen LogP contribution in [0, 0.1) is 5.92 Å². The largest absolute Gasteiger partial charge is 0.309 e. The molecule has 0 spiro atoms. The van der Waals surface area contributed by atoms with Gasteiger partial charge in [0.1, 0.15) is 11.2 Å². The van der Waals surface area contributed by atoms with Crippen molar-refractivity contribution in [3.05, 3.63) is 89.1 Å². The molecule has 0 bridgehead atoms. The van der Waals surface area contributed by atoms with Crippen LogP contribution in [0.1, 0.15) is 47.9 Å². The van der Waals surface area contributed by atoms with Crippen molar-refractivity contribution in [2.45, 2.75) is 37.6 Å². The van der Waals surface area contributed by atoms with Crippen molar-refractivity contribution >= 4 is 39.9 Å². The molecule has 4 aromatic heterocycles. The van der Waals surface area contributed by atoms with Crippen molar-refractivity contribution < 1.29 is 4.79 Å². The van der Waals surface area contributed by atoms with Crippen LogP contribution in [0.4, 0.5) is 5.82 Å².